The Balaban J connectivity index is 1.40. The zero-order valence-corrected chi connectivity index (χ0v) is 22.8. The van der Waals surface area contributed by atoms with Gasteiger partial charge in [0.1, 0.15) is 22.5 Å². The van der Waals surface area contributed by atoms with E-state index in [1.165, 1.54) is 28.8 Å². The molecule has 1 aromatic heterocycles. The maximum Gasteiger partial charge on any atom is 0.303 e. The van der Waals surface area contributed by atoms with E-state index in [0.717, 1.165) is 22.4 Å². The summed E-state index contributed by atoms with van der Waals surface area (Å²) < 4.78 is 21.2. The van der Waals surface area contributed by atoms with Crippen LogP contribution in [0.4, 0.5) is 4.39 Å². The van der Waals surface area contributed by atoms with E-state index in [9.17, 15) is 14.0 Å². The number of thiocarbonyl (C=S) groups is 1. The van der Waals surface area contributed by atoms with Crippen LogP contribution in [0.3, 0.4) is 0 Å². The number of nitrogens with zero attached hydrogens (tertiary/aromatic N) is 3. The van der Waals surface area contributed by atoms with Crippen LogP contribution in [0.1, 0.15) is 24.0 Å². The number of carboxylic acids is 1. The summed E-state index contributed by atoms with van der Waals surface area (Å²) >= 11 is 6.60. The number of ether oxygens (including phenoxy) is 1. The summed E-state index contributed by atoms with van der Waals surface area (Å²) in [5, 5.41) is 13.7. The van der Waals surface area contributed by atoms with Gasteiger partial charge in [0.25, 0.3) is 5.91 Å². The van der Waals surface area contributed by atoms with Gasteiger partial charge in [0.15, 0.2) is 0 Å². The third kappa shape index (κ3) is 6.47. The zero-order valence-electron chi connectivity index (χ0n) is 21.2. The Morgan fingerprint density at radius 2 is 1.77 bits per heavy atom. The summed E-state index contributed by atoms with van der Waals surface area (Å²) in [6.45, 7) is 0.561. The minimum absolute atomic E-state index is 0.0340. The Bertz CT molecular complexity index is 1570. The molecule has 1 fully saturated rings. The molecule has 4 aromatic rings. The third-order valence-electron chi connectivity index (χ3n) is 6.14. The highest BCUT2D eigenvalue weighted by Gasteiger charge is 2.32. The highest BCUT2D eigenvalue weighted by molar-refractivity contribution is 8.26. The predicted octanol–water partition coefficient (Wildman–Crippen LogP) is 6.32. The van der Waals surface area contributed by atoms with E-state index < -0.39 is 5.97 Å². The van der Waals surface area contributed by atoms with Crippen LogP contribution in [-0.4, -0.2) is 42.5 Å². The molecule has 10 heteroatoms. The molecule has 0 aliphatic carbocycles. The van der Waals surface area contributed by atoms with Crippen molar-refractivity contribution in [3.8, 4) is 22.7 Å². The lowest BCUT2D eigenvalue weighted by Gasteiger charge is -2.13. The van der Waals surface area contributed by atoms with Crippen LogP contribution in [0.5, 0.6) is 5.75 Å². The topological polar surface area (TPSA) is 84.7 Å². The molecule has 5 rings (SSSR count). The number of carbonyl (C=O) groups excluding carboxylic acids is 1. The number of carboxylic acid groups (broad SMARTS) is 1. The van der Waals surface area contributed by atoms with Crippen LogP contribution in [0.2, 0.25) is 0 Å². The largest absolute Gasteiger partial charge is 0.489 e. The number of benzene rings is 3. The van der Waals surface area contributed by atoms with Crippen molar-refractivity contribution >= 4 is 46.3 Å². The molecule has 0 bridgehead atoms. The zero-order chi connectivity index (χ0) is 28.1. The number of halogens is 1. The number of aromatic nitrogens is 2. The van der Waals surface area contributed by atoms with Gasteiger partial charge < -0.3 is 9.84 Å². The maximum absolute atomic E-state index is 13.2. The predicted molar refractivity (Wildman–Crippen MR) is 156 cm³/mol. The number of hydrogen-bond donors (Lipinski definition) is 1. The molecule has 1 aliphatic rings. The van der Waals surface area contributed by atoms with E-state index in [1.54, 1.807) is 22.9 Å². The quantitative estimate of drug-likeness (QED) is 0.175. The molecule has 1 N–H and O–H groups in total. The third-order valence-corrected chi connectivity index (χ3v) is 7.52. The van der Waals surface area contributed by atoms with Gasteiger partial charge in [0.2, 0.25) is 0 Å². The lowest BCUT2D eigenvalue weighted by atomic mass is 10.1. The SMILES string of the molecule is O=C(O)CCCN1C(=O)/C(=C\c2cn(-c3ccccc3)nc2-c2ccc(OCc3ccc(F)cc3)cc2)SC1=S. The van der Waals surface area contributed by atoms with Gasteiger partial charge in [-0.1, -0.05) is 54.3 Å². The first-order valence-corrected chi connectivity index (χ1v) is 13.7. The molecule has 3 aromatic carbocycles. The molecule has 40 heavy (non-hydrogen) atoms. The molecule has 0 radical (unpaired) electrons. The van der Waals surface area contributed by atoms with Crippen molar-refractivity contribution in [2.45, 2.75) is 19.4 Å². The van der Waals surface area contributed by atoms with Gasteiger partial charge in [0.05, 0.1) is 16.3 Å². The number of amides is 1. The minimum Gasteiger partial charge on any atom is -0.489 e. The van der Waals surface area contributed by atoms with Crippen molar-refractivity contribution < 1.29 is 23.8 Å². The molecule has 1 saturated heterocycles. The summed E-state index contributed by atoms with van der Waals surface area (Å²) in [5.74, 6) is -0.798. The van der Waals surface area contributed by atoms with Crippen molar-refractivity contribution in [2.75, 3.05) is 6.54 Å². The Morgan fingerprint density at radius 3 is 2.48 bits per heavy atom. The van der Waals surface area contributed by atoms with E-state index in [1.807, 2.05) is 60.8 Å². The normalized spacial score (nSPS) is 14.2. The van der Waals surface area contributed by atoms with Crippen LogP contribution in [0.15, 0.2) is 90.0 Å². The monoisotopic (exact) mass is 573 g/mol. The lowest BCUT2D eigenvalue weighted by Crippen LogP contribution is -2.29. The van der Waals surface area contributed by atoms with Gasteiger partial charge >= 0.3 is 5.97 Å². The maximum atomic E-state index is 13.2. The summed E-state index contributed by atoms with van der Waals surface area (Å²) in [7, 11) is 0. The standard InChI is InChI=1S/C30H24FN3O4S2/c31-23-12-8-20(9-13-23)19-38-25-14-10-21(11-15-25)28-22(18-34(32-28)24-5-2-1-3-6-24)17-26-29(37)33(30(39)40-26)16-4-7-27(35)36/h1-3,5-6,8-15,17-18H,4,7,16,19H2,(H,35,36)/b26-17+. The second kappa shape index (κ2) is 12.3. The van der Waals surface area contributed by atoms with Gasteiger partial charge in [-0.25, -0.2) is 9.07 Å². The summed E-state index contributed by atoms with van der Waals surface area (Å²) in [4.78, 5) is 25.9. The Morgan fingerprint density at radius 1 is 1.05 bits per heavy atom. The molecule has 0 spiro atoms. The average molecular weight is 574 g/mol. The molecule has 1 aliphatic heterocycles. The molecule has 0 unspecified atom stereocenters. The van der Waals surface area contributed by atoms with E-state index in [2.05, 4.69) is 0 Å². The van der Waals surface area contributed by atoms with Crippen molar-refractivity contribution in [3.05, 3.63) is 107 Å². The fourth-order valence-corrected chi connectivity index (χ4v) is 5.41. The first-order chi connectivity index (χ1) is 19.4. The van der Waals surface area contributed by atoms with Crippen LogP contribution in [0, 0.1) is 5.82 Å². The molecule has 1 amide bonds. The van der Waals surface area contributed by atoms with Gasteiger partial charge in [-0.15, -0.1) is 0 Å². The highest BCUT2D eigenvalue weighted by Crippen LogP contribution is 2.35. The number of thioether (sulfide) groups is 1. The Kier molecular flexibility index (Phi) is 8.37. The molecule has 0 atom stereocenters. The molecule has 0 saturated carbocycles. The van der Waals surface area contributed by atoms with E-state index in [0.29, 0.717) is 33.7 Å². The van der Waals surface area contributed by atoms with Gasteiger partial charge in [0, 0.05) is 30.3 Å². The molecular weight excluding hydrogens is 549 g/mol. The van der Waals surface area contributed by atoms with Crippen molar-refractivity contribution in [2.24, 2.45) is 0 Å². The summed E-state index contributed by atoms with van der Waals surface area (Å²) in [6.07, 6.45) is 3.92. The van der Waals surface area contributed by atoms with Crippen LogP contribution in [0.25, 0.3) is 23.0 Å². The number of aliphatic carboxylic acids is 1. The average Bonchev–Trinajstić information content (AvgIpc) is 3.49. The van der Waals surface area contributed by atoms with Crippen LogP contribution in [-0.2, 0) is 16.2 Å². The van der Waals surface area contributed by atoms with Crippen molar-refractivity contribution in [1.29, 1.82) is 0 Å². The number of para-hydroxylation sites is 1. The fraction of sp³-hybridized carbons (Fsp3) is 0.133. The second-order valence-electron chi connectivity index (χ2n) is 8.98. The van der Waals surface area contributed by atoms with Gasteiger partial charge in [-0.05, 0) is 66.6 Å². The highest BCUT2D eigenvalue weighted by atomic mass is 32.2. The van der Waals surface area contributed by atoms with E-state index >= 15 is 0 Å². The summed E-state index contributed by atoms with van der Waals surface area (Å²) in [6, 6.07) is 23.3. The first kappa shape index (κ1) is 27.3. The van der Waals surface area contributed by atoms with Crippen LogP contribution < -0.4 is 4.74 Å². The molecule has 2 heterocycles. The van der Waals surface area contributed by atoms with Gasteiger partial charge in [-0.2, -0.15) is 5.10 Å². The molecule has 7 nitrogen and oxygen atoms in total. The first-order valence-electron chi connectivity index (χ1n) is 12.5. The van der Waals surface area contributed by atoms with E-state index in [-0.39, 0.29) is 24.7 Å². The lowest BCUT2D eigenvalue weighted by molar-refractivity contribution is -0.137. The van der Waals surface area contributed by atoms with Crippen molar-refractivity contribution in [3.63, 3.8) is 0 Å². The Labute approximate surface area is 239 Å². The number of rotatable bonds is 10. The molecular formula is C30H24FN3O4S2. The minimum atomic E-state index is -0.911. The van der Waals surface area contributed by atoms with Gasteiger partial charge in [-0.3, -0.25) is 14.5 Å². The molecule has 202 valence electrons. The van der Waals surface area contributed by atoms with Crippen LogP contribution >= 0.6 is 24.0 Å². The van der Waals surface area contributed by atoms with E-state index in [4.69, 9.17) is 27.2 Å². The smallest absolute Gasteiger partial charge is 0.303 e. The summed E-state index contributed by atoms with van der Waals surface area (Å²) in [5.41, 5.74) is 3.95. The second-order valence-corrected chi connectivity index (χ2v) is 10.7. The Hall–Kier alpha value is -4.28. The van der Waals surface area contributed by atoms with Crippen molar-refractivity contribution in [1.82, 2.24) is 14.7 Å². The fourth-order valence-electron chi connectivity index (χ4n) is 4.11. The number of carbonyl (C=O) groups is 2. The number of hydrogen-bond acceptors (Lipinski definition) is 6.